The molecule has 0 fully saturated rings. The van der Waals surface area contributed by atoms with Crippen molar-refractivity contribution in [3.05, 3.63) is 28.3 Å². The number of carbonyl (C=O) groups is 1. The fraction of sp³-hybridized carbons (Fsp3) is 0.364. The number of ether oxygens (including phenoxy) is 1. The fourth-order valence-corrected chi connectivity index (χ4v) is 1.63. The van der Waals surface area contributed by atoms with Crippen LogP contribution in [0.5, 0.6) is 5.75 Å². The Morgan fingerprint density at radius 3 is 2.64 bits per heavy atom. The quantitative estimate of drug-likeness (QED) is 0.770. The molecule has 0 aliphatic heterocycles. The van der Waals surface area contributed by atoms with E-state index in [0.717, 1.165) is 11.1 Å². The molecule has 3 heteroatoms. The minimum Gasteiger partial charge on any atom is -0.496 e. The van der Waals surface area contributed by atoms with Gasteiger partial charge in [0.15, 0.2) is 0 Å². The van der Waals surface area contributed by atoms with Crippen LogP contribution in [0.2, 0.25) is 5.02 Å². The van der Waals surface area contributed by atoms with Gasteiger partial charge < -0.3 is 4.74 Å². The van der Waals surface area contributed by atoms with Gasteiger partial charge in [0.05, 0.1) is 7.11 Å². The molecule has 1 aromatic rings. The second kappa shape index (κ2) is 4.47. The highest BCUT2D eigenvalue weighted by atomic mass is 35.5. The zero-order valence-corrected chi connectivity index (χ0v) is 9.31. The van der Waals surface area contributed by atoms with Crippen molar-refractivity contribution >= 4 is 17.4 Å². The average molecular weight is 213 g/mol. The minimum atomic E-state index is 0.0794. The van der Waals surface area contributed by atoms with Gasteiger partial charge >= 0.3 is 0 Å². The molecule has 14 heavy (non-hydrogen) atoms. The van der Waals surface area contributed by atoms with Crippen molar-refractivity contribution in [3.8, 4) is 5.75 Å². The number of aryl methyl sites for hydroxylation is 1. The third kappa shape index (κ3) is 2.26. The molecule has 0 unspecified atom stereocenters. The minimum absolute atomic E-state index is 0.0794. The SMILES string of the molecule is COc1c(C)ccc(Cl)c1CC(C)=O. The molecule has 2 nitrogen and oxygen atoms in total. The Kier molecular flexibility index (Phi) is 3.53. The molecular weight excluding hydrogens is 200 g/mol. The Hall–Kier alpha value is -1.02. The van der Waals surface area contributed by atoms with Gasteiger partial charge in [-0.3, -0.25) is 4.79 Å². The molecule has 0 aromatic heterocycles. The molecule has 1 aromatic carbocycles. The standard InChI is InChI=1S/C11H13ClO2/c1-7-4-5-10(12)9(6-8(2)13)11(7)14-3/h4-5H,6H2,1-3H3. The van der Waals surface area contributed by atoms with Gasteiger partial charge in [0.2, 0.25) is 0 Å². The lowest BCUT2D eigenvalue weighted by Crippen LogP contribution is -2.01. The highest BCUT2D eigenvalue weighted by molar-refractivity contribution is 6.31. The van der Waals surface area contributed by atoms with E-state index in [9.17, 15) is 4.79 Å². The van der Waals surface area contributed by atoms with E-state index in [4.69, 9.17) is 16.3 Å². The van der Waals surface area contributed by atoms with Crippen LogP contribution in [0.3, 0.4) is 0 Å². The Morgan fingerprint density at radius 1 is 1.50 bits per heavy atom. The first kappa shape index (κ1) is 11.1. The summed E-state index contributed by atoms with van der Waals surface area (Å²) in [6.45, 7) is 3.47. The lowest BCUT2D eigenvalue weighted by atomic mass is 10.0. The van der Waals surface area contributed by atoms with E-state index < -0.39 is 0 Å². The predicted molar refractivity (Wildman–Crippen MR) is 57.1 cm³/mol. The van der Waals surface area contributed by atoms with Crippen molar-refractivity contribution in [2.45, 2.75) is 20.3 Å². The summed E-state index contributed by atoms with van der Waals surface area (Å²) in [7, 11) is 1.59. The van der Waals surface area contributed by atoms with Crippen LogP contribution in [0.1, 0.15) is 18.1 Å². The number of ketones is 1. The summed E-state index contributed by atoms with van der Waals surface area (Å²) in [5, 5.41) is 0.586. The first-order valence-electron chi connectivity index (χ1n) is 4.37. The van der Waals surface area contributed by atoms with Crippen LogP contribution in [0, 0.1) is 6.92 Å². The average Bonchev–Trinajstić information content (AvgIpc) is 2.11. The summed E-state index contributed by atoms with van der Waals surface area (Å²) >= 11 is 5.99. The number of Topliss-reactive ketones (excluding diaryl/α,β-unsaturated/α-hetero) is 1. The van der Waals surface area contributed by atoms with E-state index in [1.807, 2.05) is 13.0 Å². The van der Waals surface area contributed by atoms with Gasteiger partial charge in [-0.1, -0.05) is 17.7 Å². The highest BCUT2D eigenvalue weighted by Crippen LogP contribution is 2.30. The zero-order chi connectivity index (χ0) is 10.7. The second-order valence-electron chi connectivity index (χ2n) is 3.25. The monoisotopic (exact) mass is 212 g/mol. The first-order valence-corrected chi connectivity index (χ1v) is 4.75. The molecule has 0 N–H and O–H groups in total. The highest BCUT2D eigenvalue weighted by Gasteiger charge is 2.12. The van der Waals surface area contributed by atoms with Gasteiger partial charge in [0.25, 0.3) is 0 Å². The van der Waals surface area contributed by atoms with E-state index in [-0.39, 0.29) is 5.78 Å². The van der Waals surface area contributed by atoms with Crippen molar-refractivity contribution in [2.75, 3.05) is 7.11 Å². The van der Waals surface area contributed by atoms with Gasteiger partial charge in [-0.2, -0.15) is 0 Å². The van der Waals surface area contributed by atoms with Crippen molar-refractivity contribution < 1.29 is 9.53 Å². The summed E-state index contributed by atoms with van der Waals surface area (Å²) in [5.74, 6) is 0.795. The van der Waals surface area contributed by atoms with Gasteiger partial charge in [0.1, 0.15) is 11.5 Å². The van der Waals surface area contributed by atoms with E-state index >= 15 is 0 Å². The maximum absolute atomic E-state index is 11.0. The Bertz CT molecular complexity index is 359. The van der Waals surface area contributed by atoms with E-state index in [2.05, 4.69) is 0 Å². The van der Waals surface area contributed by atoms with Crippen molar-refractivity contribution in [1.82, 2.24) is 0 Å². The second-order valence-corrected chi connectivity index (χ2v) is 3.66. The largest absolute Gasteiger partial charge is 0.496 e. The number of hydrogen-bond acceptors (Lipinski definition) is 2. The van der Waals surface area contributed by atoms with Crippen LogP contribution in [0.4, 0.5) is 0 Å². The zero-order valence-electron chi connectivity index (χ0n) is 8.56. The number of halogens is 1. The predicted octanol–water partition coefficient (Wildman–Crippen LogP) is 2.79. The van der Waals surface area contributed by atoms with Crippen molar-refractivity contribution in [3.63, 3.8) is 0 Å². The van der Waals surface area contributed by atoms with Crippen LogP contribution in [-0.2, 0) is 11.2 Å². The molecule has 0 spiro atoms. The topological polar surface area (TPSA) is 26.3 Å². The molecule has 0 saturated carbocycles. The summed E-state index contributed by atoms with van der Waals surface area (Å²) < 4.78 is 5.22. The Morgan fingerprint density at radius 2 is 2.14 bits per heavy atom. The van der Waals surface area contributed by atoms with Gasteiger partial charge in [-0.15, -0.1) is 0 Å². The van der Waals surface area contributed by atoms with E-state index in [1.54, 1.807) is 13.2 Å². The number of benzene rings is 1. The number of hydrogen-bond donors (Lipinski definition) is 0. The molecular formula is C11H13ClO2. The molecule has 0 aliphatic carbocycles. The van der Waals surface area contributed by atoms with Crippen LogP contribution >= 0.6 is 11.6 Å². The normalized spacial score (nSPS) is 10.0. The molecule has 0 radical (unpaired) electrons. The smallest absolute Gasteiger partial charge is 0.134 e. The molecule has 76 valence electrons. The van der Waals surface area contributed by atoms with Crippen LogP contribution < -0.4 is 4.74 Å². The molecule has 0 saturated heterocycles. The summed E-state index contributed by atoms with van der Waals surface area (Å²) in [6, 6.07) is 3.67. The van der Waals surface area contributed by atoms with Crippen molar-refractivity contribution in [2.24, 2.45) is 0 Å². The van der Waals surface area contributed by atoms with E-state index in [1.165, 1.54) is 6.92 Å². The van der Waals surface area contributed by atoms with Gasteiger partial charge in [-0.05, 0) is 25.5 Å². The Balaban J connectivity index is 3.22. The Labute approximate surface area is 88.8 Å². The molecule has 0 heterocycles. The van der Waals surface area contributed by atoms with E-state index in [0.29, 0.717) is 17.2 Å². The molecule has 0 bridgehead atoms. The molecule has 1 rings (SSSR count). The number of rotatable bonds is 3. The maximum Gasteiger partial charge on any atom is 0.134 e. The maximum atomic E-state index is 11.0. The van der Waals surface area contributed by atoms with Crippen molar-refractivity contribution in [1.29, 1.82) is 0 Å². The molecule has 0 atom stereocenters. The number of carbonyl (C=O) groups excluding carboxylic acids is 1. The van der Waals surface area contributed by atoms with Crippen LogP contribution in [0.25, 0.3) is 0 Å². The summed E-state index contributed by atoms with van der Waals surface area (Å²) in [5.41, 5.74) is 1.77. The third-order valence-corrected chi connectivity index (χ3v) is 2.38. The summed E-state index contributed by atoms with van der Waals surface area (Å²) in [6.07, 6.45) is 0.323. The van der Waals surface area contributed by atoms with Crippen LogP contribution in [-0.4, -0.2) is 12.9 Å². The van der Waals surface area contributed by atoms with Gasteiger partial charge in [0, 0.05) is 17.0 Å². The lowest BCUT2D eigenvalue weighted by Gasteiger charge is -2.11. The first-order chi connectivity index (χ1) is 6.56. The van der Waals surface area contributed by atoms with Gasteiger partial charge in [-0.25, -0.2) is 0 Å². The summed E-state index contributed by atoms with van der Waals surface area (Å²) in [4.78, 5) is 11.0. The third-order valence-electron chi connectivity index (χ3n) is 2.03. The molecule has 0 amide bonds. The fourth-order valence-electron chi connectivity index (χ4n) is 1.42. The number of methoxy groups -OCH3 is 1. The lowest BCUT2D eigenvalue weighted by molar-refractivity contribution is -0.116. The molecule has 0 aliphatic rings. The van der Waals surface area contributed by atoms with Crippen LogP contribution in [0.15, 0.2) is 12.1 Å².